The number of rotatable bonds is 3. The third-order valence-electron chi connectivity index (χ3n) is 2.97. The van der Waals surface area contributed by atoms with Crippen LogP contribution in [0.1, 0.15) is 58.7 Å². The average Bonchev–Trinajstić information content (AvgIpc) is 2.24. The maximum atomic E-state index is 9.51. The normalized spacial score (nSPS) is 14.6. The molecule has 0 saturated carbocycles. The van der Waals surface area contributed by atoms with Crippen LogP contribution in [0, 0.1) is 0 Å². The van der Waals surface area contributed by atoms with Gasteiger partial charge in [-0.15, -0.1) is 0 Å². The highest BCUT2D eigenvalue weighted by Crippen LogP contribution is 2.24. The SMILES string of the molecule is CC(C)(C)N[C@@H](CO)c1ccc(C(C)(C)C)cc1. The molecule has 0 heterocycles. The van der Waals surface area contributed by atoms with Crippen LogP contribution in [0.4, 0.5) is 0 Å². The third kappa shape index (κ3) is 4.43. The topological polar surface area (TPSA) is 32.3 Å². The van der Waals surface area contributed by atoms with Crippen molar-refractivity contribution in [2.45, 2.75) is 58.5 Å². The van der Waals surface area contributed by atoms with Crippen molar-refractivity contribution >= 4 is 0 Å². The van der Waals surface area contributed by atoms with E-state index in [2.05, 4.69) is 71.1 Å². The number of aliphatic hydroxyl groups is 1. The maximum Gasteiger partial charge on any atom is 0.0626 e. The summed E-state index contributed by atoms with van der Waals surface area (Å²) in [6.45, 7) is 13.1. The van der Waals surface area contributed by atoms with E-state index in [1.54, 1.807) is 0 Å². The maximum absolute atomic E-state index is 9.51. The average molecular weight is 249 g/mol. The third-order valence-corrected chi connectivity index (χ3v) is 2.97. The van der Waals surface area contributed by atoms with Crippen LogP contribution in [0.3, 0.4) is 0 Å². The van der Waals surface area contributed by atoms with Crippen molar-refractivity contribution < 1.29 is 5.11 Å². The molecule has 18 heavy (non-hydrogen) atoms. The fraction of sp³-hybridized carbons (Fsp3) is 0.625. The quantitative estimate of drug-likeness (QED) is 0.860. The van der Waals surface area contributed by atoms with Gasteiger partial charge in [0.1, 0.15) is 0 Å². The van der Waals surface area contributed by atoms with Crippen molar-refractivity contribution in [1.29, 1.82) is 0 Å². The fourth-order valence-corrected chi connectivity index (χ4v) is 1.97. The summed E-state index contributed by atoms with van der Waals surface area (Å²) in [5, 5.41) is 12.9. The zero-order valence-corrected chi connectivity index (χ0v) is 12.5. The second-order valence-corrected chi connectivity index (χ2v) is 7.00. The first-order valence-electron chi connectivity index (χ1n) is 6.62. The van der Waals surface area contributed by atoms with E-state index in [1.807, 2.05) is 0 Å². The van der Waals surface area contributed by atoms with Gasteiger partial charge in [-0.05, 0) is 37.3 Å². The molecular weight excluding hydrogens is 222 g/mol. The minimum absolute atomic E-state index is 0.000909. The monoisotopic (exact) mass is 249 g/mol. The van der Waals surface area contributed by atoms with E-state index in [4.69, 9.17) is 0 Å². The van der Waals surface area contributed by atoms with Gasteiger partial charge in [-0.2, -0.15) is 0 Å². The Morgan fingerprint density at radius 1 is 1.00 bits per heavy atom. The minimum Gasteiger partial charge on any atom is -0.394 e. The van der Waals surface area contributed by atoms with Crippen LogP contribution < -0.4 is 5.32 Å². The molecule has 0 aromatic heterocycles. The zero-order chi connectivity index (χ0) is 14.0. The first kappa shape index (κ1) is 15.2. The van der Waals surface area contributed by atoms with Gasteiger partial charge in [0.15, 0.2) is 0 Å². The molecule has 1 atom stereocenters. The summed E-state index contributed by atoms with van der Waals surface area (Å²) in [6.07, 6.45) is 0. The lowest BCUT2D eigenvalue weighted by molar-refractivity contribution is 0.217. The van der Waals surface area contributed by atoms with Crippen LogP contribution in [0.15, 0.2) is 24.3 Å². The summed E-state index contributed by atoms with van der Waals surface area (Å²) in [7, 11) is 0. The molecule has 0 unspecified atom stereocenters. The summed E-state index contributed by atoms with van der Waals surface area (Å²) < 4.78 is 0. The van der Waals surface area contributed by atoms with Crippen LogP contribution >= 0.6 is 0 Å². The lowest BCUT2D eigenvalue weighted by Crippen LogP contribution is -2.40. The molecule has 2 nitrogen and oxygen atoms in total. The van der Waals surface area contributed by atoms with Crippen molar-refractivity contribution in [2.75, 3.05) is 6.61 Å². The number of hydrogen-bond acceptors (Lipinski definition) is 2. The van der Waals surface area contributed by atoms with Crippen LogP contribution in [-0.2, 0) is 5.41 Å². The smallest absolute Gasteiger partial charge is 0.0626 e. The molecule has 0 aliphatic heterocycles. The Bertz CT molecular complexity index is 368. The molecular formula is C16H27NO. The van der Waals surface area contributed by atoms with Crippen molar-refractivity contribution in [1.82, 2.24) is 5.32 Å². The Morgan fingerprint density at radius 2 is 1.50 bits per heavy atom. The van der Waals surface area contributed by atoms with E-state index < -0.39 is 0 Å². The van der Waals surface area contributed by atoms with Crippen molar-refractivity contribution in [3.63, 3.8) is 0 Å². The lowest BCUT2D eigenvalue weighted by Gasteiger charge is -2.28. The molecule has 0 radical (unpaired) electrons. The molecule has 0 saturated heterocycles. The van der Waals surface area contributed by atoms with Gasteiger partial charge in [0, 0.05) is 5.54 Å². The molecule has 0 bridgehead atoms. The van der Waals surface area contributed by atoms with Gasteiger partial charge in [-0.3, -0.25) is 0 Å². The summed E-state index contributed by atoms with van der Waals surface area (Å²) in [4.78, 5) is 0. The predicted octanol–water partition coefficient (Wildman–Crippen LogP) is 3.41. The zero-order valence-electron chi connectivity index (χ0n) is 12.5. The molecule has 0 aliphatic rings. The van der Waals surface area contributed by atoms with Gasteiger partial charge in [0.25, 0.3) is 0 Å². The Kier molecular flexibility index (Phi) is 4.57. The highest BCUT2D eigenvalue weighted by Gasteiger charge is 2.19. The van der Waals surface area contributed by atoms with Gasteiger partial charge < -0.3 is 10.4 Å². The van der Waals surface area contributed by atoms with Crippen LogP contribution in [-0.4, -0.2) is 17.3 Å². The Hall–Kier alpha value is -0.860. The summed E-state index contributed by atoms with van der Waals surface area (Å²) in [5.74, 6) is 0. The second-order valence-electron chi connectivity index (χ2n) is 7.00. The summed E-state index contributed by atoms with van der Waals surface area (Å²) in [5.41, 5.74) is 2.62. The lowest BCUT2D eigenvalue weighted by atomic mass is 9.86. The van der Waals surface area contributed by atoms with Crippen molar-refractivity contribution in [3.8, 4) is 0 Å². The van der Waals surface area contributed by atoms with E-state index >= 15 is 0 Å². The molecule has 1 rings (SSSR count). The van der Waals surface area contributed by atoms with E-state index in [9.17, 15) is 5.11 Å². The van der Waals surface area contributed by atoms with Crippen molar-refractivity contribution in [2.24, 2.45) is 0 Å². The number of aliphatic hydroxyl groups excluding tert-OH is 1. The molecule has 0 amide bonds. The van der Waals surface area contributed by atoms with Gasteiger partial charge in [-0.1, -0.05) is 45.0 Å². The molecule has 0 fully saturated rings. The Labute approximate surface area is 111 Å². The fourth-order valence-electron chi connectivity index (χ4n) is 1.97. The number of benzene rings is 1. The van der Waals surface area contributed by atoms with E-state index in [0.29, 0.717) is 0 Å². The van der Waals surface area contributed by atoms with Gasteiger partial charge in [0.2, 0.25) is 0 Å². The first-order valence-corrected chi connectivity index (χ1v) is 6.62. The highest BCUT2D eigenvalue weighted by molar-refractivity contribution is 5.29. The standard InChI is InChI=1S/C16H27NO/c1-15(2,3)13-9-7-12(8-10-13)14(11-18)17-16(4,5)6/h7-10,14,17-18H,11H2,1-6H3/t14-/m0/s1. The Balaban J connectivity index is 2.89. The molecule has 1 aromatic rings. The van der Waals surface area contributed by atoms with Crippen LogP contribution in [0.5, 0.6) is 0 Å². The van der Waals surface area contributed by atoms with E-state index in [1.165, 1.54) is 5.56 Å². The molecule has 102 valence electrons. The minimum atomic E-state index is -0.00387. The van der Waals surface area contributed by atoms with E-state index in [-0.39, 0.29) is 23.6 Å². The summed E-state index contributed by atoms with van der Waals surface area (Å²) >= 11 is 0. The first-order chi connectivity index (χ1) is 8.13. The van der Waals surface area contributed by atoms with Gasteiger partial charge in [-0.25, -0.2) is 0 Å². The molecule has 2 N–H and O–H groups in total. The van der Waals surface area contributed by atoms with Crippen molar-refractivity contribution in [3.05, 3.63) is 35.4 Å². The highest BCUT2D eigenvalue weighted by atomic mass is 16.3. The number of hydrogen-bond donors (Lipinski definition) is 2. The molecule has 0 spiro atoms. The van der Waals surface area contributed by atoms with Gasteiger partial charge in [0.05, 0.1) is 12.6 Å². The summed E-state index contributed by atoms with van der Waals surface area (Å²) in [6, 6.07) is 8.53. The van der Waals surface area contributed by atoms with Crippen LogP contribution in [0.2, 0.25) is 0 Å². The van der Waals surface area contributed by atoms with Gasteiger partial charge >= 0.3 is 0 Å². The predicted molar refractivity (Wildman–Crippen MR) is 77.9 cm³/mol. The number of nitrogens with one attached hydrogen (secondary N) is 1. The Morgan fingerprint density at radius 3 is 1.83 bits per heavy atom. The second kappa shape index (κ2) is 5.41. The largest absolute Gasteiger partial charge is 0.394 e. The molecule has 1 aromatic carbocycles. The van der Waals surface area contributed by atoms with E-state index in [0.717, 1.165) is 5.56 Å². The van der Waals surface area contributed by atoms with Crippen LogP contribution in [0.25, 0.3) is 0 Å². The molecule has 0 aliphatic carbocycles. The molecule has 2 heteroatoms.